The Morgan fingerprint density at radius 3 is 2.88 bits per heavy atom. The minimum absolute atomic E-state index is 0.106. The summed E-state index contributed by atoms with van der Waals surface area (Å²) in [7, 11) is 0. The lowest BCUT2D eigenvalue weighted by Gasteiger charge is -2.13. The number of halogens is 1. The van der Waals surface area contributed by atoms with E-state index in [1.807, 2.05) is 12.1 Å². The Morgan fingerprint density at radius 2 is 2.19 bits per heavy atom. The van der Waals surface area contributed by atoms with Gasteiger partial charge in [0, 0.05) is 11.6 Å². The Bertz CT molecular complexity index is 307. The average molecular weight is 244 g/mol. The summed E-state index contributed by atoms with van der Waals surface area (Å²) in [6.45, 7) is 3.76. The molecule has 1 aromatic rings. The van der Waals surface area contributed by atoms with Gasteiger partial charge in [0.05, 0.1) is 12.6 Å². The van der Waals surface area contributed by atoms with Crippen LogP contribution in [0.1, 0.15) is 13.3 Å². The molecule has 1 aromatic carbocycles. The summed E-state index contributed by atoms with van der Waals surface area (Å²) in [5.41, 5.74) is 5.82. The van der Waals surface area contributed by atoms with Crippen molar-refractivity contribution in [3.05, 3.63) is 29.3 Å². The van der Waals surface area contributed by atoms with Gasteiger partial charge in [0.1, 0.15) is 12.4 Å². The molecule has 1 rings (SSSR count). The summed E-state index contributed by atoms with van der Waals surface area (Å²) in [4.78, 5) is 0. The number of ether oxygens (including phenoxy) is 2. The molecule has 0 aromatic heterocycles. The lowest BCUT2D eigenvalue weighted by Crippen LogP contribution is -2.32. The van der Waals surface area contributed by atoms with E-state index in [9.17, 15) is 0 Å². The van der Waals surface area contributed by atoms with E-state index in [-0.39, 0.29) is 6.04 Å². The van der Waals surface area contributed by atoms with Crippen LogP contribution in [0.4, 0.5) is 0 Å². The van der Waals surface area contributed by atoms with Gasteiger partial charge in [0.25, 0.3) is 0 Å². The van der Waals surface area contributed by atoms with Gasteiger partial charge in [0.2, 0.25) is 0 Å². The van der Waals surface area contributed by atoms with Gasteiger partial charge in [-0.25, -0.2) is 0 Å². The predicted molar refractivity (Wildman–Crippen MR) is 66.0 cm³/mol. The molecule has 1 unspecified atom stereocenters. The van der Waals surface area contributed by atoms with Crippen LogP contribution in [0.5, 0.6) is 5.75 Å². The van der Waals surface area contributed by atoms with Crippen LogP contribution in [0.3, 0.4) is 0 Å². The molecule has 16 heavy (non-hydrogen) atoms. The quantitative estimate of drug-likeness (QED) is 0.749. The maximum atomic E-state index is 5.83. The monoisotopic (exact) mass is 243 g/mol. The van der Waals surface area contributed by atoms with Crippen LogP contribution in [0.15, 0.2) is 24.3 Å². The molecule has 2 N–H and O–H groups in total. The number of benzene rings is 1. The highest BCUT2D eigenvalue weighted by Crippen LogP contribution is 2.16. The van der Waals surface area contributed by atoms with E-state index in [2.05, 4.69) is 6.92 Å². The number of rotatable bonds is 7. The third-order valence-corrected chi connectivity index (χ3v) is 2.18. The minimum atomic E-state index is -0.106. The molecule has 4 heteroatoms. The van der Waals surface area contributed by atoms with E-state index in [4.69, 9.17) is 26.8 Å². The third kappa shape index (κ3) is 5.35. The Hall–Kier alpha value is -0.770. The molecule has 90 valence electrons. The number of nitrogens with two attached hydrogens (primary N) is 1. The molecule has 0 bridgehead atoms. The first-order valence-electron chi connectivity index (χ1n) is 5.44. The minimum Gasteiger partial charge on any atom is -0.492 e. The second-order valence-electron chi connectivity index (χ2n) is 3.60. The first-order valence-corrected chi connectivity index (χ1v) is 5.82. The zero-order valence-corrected chi connectivity index (χ0v) is 10.2. The van der Waals surface area contributed by atoms with E-state index in [0.717, 1.165) is 18.8 Å². The predicted octanol–water partition coefficient (Wildman–Crippen LogP) is 2.47. The first kappa shape index (κ1) is 13.3. The van der Waals surface area contributed by atoms with Gasteiger partial charge in [-0.05, 0) is 24.6 Å². The van der Waals surface area contributed by atoms with Gasteiger partial charge < -0.3 is 15.2 Å². The van der Waals surface area contributed by atoms with Crippen LogP contribution >= 0.6 is 11.6 Å². The SMILES string of the molecule is CCCOCC(N)COc1cccc(Cl)c1. The van der Waals surface area contributed by atoms with Crippen molar-refractivity contribution in [1.29, 1.82) is 0 Å². The zero-order chi connectivity index (χ0) is 11.8. The Balaban J connectivity index is 2.23. The average Bonchev–Trinajstić information content (AvgIpc) is 2.27. The highest BCUT2D eigenvalue weighted by molar-refractivity contribution is 6.30. The summed E-state index contributed by atoms with van der Waals surface area (Å²) in [6, 6.07) is 7.16. The van der Waals surface area contributed by atoms with Gasteiger partial charge in [-0.15, -0.1) is 0 Å². The fourth-order valence-corrected chi connectivity index (χ4v) is 1.37. The van der Waals surface area contributed by atoms with Crippen molar-refractivity contribution >= 4 is 11.6 Å². The molecule has 0 saturated heterocycles. The second-order valence-corrected chi connectivity index (χ2v) is 4.04. The van der Waals surface area contributed by atoms with E-state index in [0.29, 0.717) is 18.2 Å². The molecule has 3 nitrogen and oxygen atoms in total. The molecule has 0 aliphatic heterocycles. The lowest BCUT2D eigenvalue weighted by molar-refractivity contribution is 0.106. The normalized spacial score (nSPS) is 12.4. The van der Waals surface area contributed by atoms with Crippen LogP contribution in [0, 0.1) is 0 Å². The summed E-state index contributed by atoms with van der Waals surface area (Å²) >= 11 is 5.83. The largest absolute Gasteiger partial charge is 0.492 e. The van der Waals surface area contributed by atoms with E-state index in [1.54, 1.807) is 12.1 Å². The van der Waals surface area contributed by atoms with Gasteiger partial charge in [-0.3, -0.25) is 0 Å². The molecular weight excluding hydrogens is 226 g/mol. The standard InChI is InChI=1S/C12H18ClNO2/c1-2-6-15-8-11(14)9-16-12-5-3-4-10(13)7-12/h3-5,7,11H,2,6,8-9,14H2,1H3. The second kappa shape index (κ2) is 7.49. The van der Waals surface area contributed by atoms with Crippen LogP contribution in [0.2, 0.25) is 5.02 Å². The highest BCUT2D eigenvalue weighted by Gasteiger charge is 2.03. The summed E-state index contributed by atoms with van der Waals surface area (Å²) in [6.07, 6.45) is 1.00. The van der Waals surface area contributed by atoms with E-state index in [1.165, 1.54) is 0 Å². The molecule has 0 saturated carbocycles. The molecule has 0 heterocycles. The van der Waals surface area contributed by atoms with Crippen LogP contribution in [-0.4, -0.2) is 25.9 Å². The molecule has 0 amide bonds. The fourth-order valence-electron chi connectivity index (χ4n) is 1.19. The van der Waals surface area contributed by atoms with Crippen molar-refractivity contribution in [2.24, 2.45) is 5.73 Å². The van der Waals surface area contributed by atoms with E-state index >= 15 is 0 Å². The van der Waals surface area contributed by atoms with Crippen molar-refractivity contribution in [3.63, 3.8) is 0 Å². The molecule has 0 fully saturated rings. The molecular formula is C12H18ClNO2. The lowest BCUT2D eigenvalue weighted by atomic mass is 10.3. The van der Waals surface area contributed by atoms with Crippen LogP contribution in [0.25, 0.3) is 0 Å². The summed E-state index contributed by atoms with van der Waals surface area (Å²) in [5, 5.41) is 0.660. The Labute approximate surface area is 101 Å². The van der Waals surface area contributed by atoms with Gasteiger partial charge >= 0.3 is 0 Å². The molecule has 1 atom stereocenters. The van der Waals surface area contributed by atoms with Crippen LogP contribution in [-0.2, 0) is 4.74 Å². The fraction of sp³-hybridized carbons (Fsp3) is 0.500. The first-order chi connectivity index (χ1) is 7.72. The Morgan fingerprint density at radius 1 is 1.38 bits per heavy atom. The number of hydrogen-bond acceptors (Lipinski definition) is 3. The molecule has 0 spiro atoms. The topological polar surface area (TPSA) is 44.5 Å². The Kier molecular flexibility index (Phi) is 6.23. The van der Waals surface area contributed by atoms with Crippen LogP contribution < -0.4 is 10.5 Å². The maximum absolute atomic E-state index is 5.83. The van der Waals surface area contributed by atoms with Crippen molar-refractivity contribution in [2.45, 2.75) is 19.4 Å². The number of hydrogen-bond donors (Lipinski definition) is 1. The summed E-state index contributed by atoms with van der Waals surface area (Å²) in [5.74, 6) is 0.735. The highest BCUT2D eigenvalue weighted by atomic mass is 35.5. The smallest absolute Gasteiger partial charge is 0.120 e. The van der Waals surface area contributed by atoms with Crippen molar-refractivity contribution in [2.75, 3.05) is 19.8 Å². The van der Waals surface area contributed by atoms with Gasteiger partial charge in [0.15, 0.2) is 0 Å². The van der Waals surface area contributed by atoms with Crippen molar-refractivity contribution in [3.8, 4) is 5.75 Å². The van der Waals surface area contributed by atoms with Crippen molar-refractivity contribution < 1.29 is 9.47 Å². The third-order valence-electron chi connectivity index (χ3n) is 1.94. The zero-order valence-electron chi connectivity index (χ0n) is 9.49. The molecule has 0 radical (unpaired) electrons. The van der Waals surface area contributed by atoms with E-state index < -0.39 is 0 Å². The van der Waals surface area contributed by atoms with Gasteiger partial charge in [-0.1, -0.05) is 24.6 Å². The van der Waals surface area contributed by atoms with Crippen molar-refractivity contribution in [1.82, 2.24) is 0 Å². The molecule has 0 aliphatic carbocycles. The molecule has 0 aliphatic rings. The van der Waals surface area contributed by atoms with Gasteiger partial charge in [-0.2, -0.15) is 0 Å². The maximum Gasteiger partial charge on any atom is 0.120 e. The summed E-state index contributed by atoms with van der Waals surface area (Å²) < 4.78 is 10.8.